The van der Waals surface area contributed by atoms with Gasteiger partial charge in [0.05, 0.1) is 6.61 Å². The predicted molar refractivity (Wildman–Crippen MR) is 64.8 cm³/mol. The Hall–Kier alpha value is -1.10. The Morgan fingerprint density at radius 1 is 1.29 bits per heavy atom. The molecule has 0 atom stereocenters. The molecular weight excluding hydrogens is 222 g/mol. The molecular formula is C12H23NO4. The largest absolute Gasteiger partial charge is 0.481 e. The molecule has 1 N–H and O–H groups in total. The van der Waals surface area contributed by atoms with Crippen molar-refractivity contribution in [2.24, 2.45) is 5.92 Å². The average Bonchev–Trinajstić information content (AvgIpc) is 2.22. The number of aliphatic carboxylic acids is 1. The third kappa shape index (κ3) is 8.68. The van der Waals surface area contributed by atoms with E-state index in [1.165, 1.54) is 0 Å². The number of carbonyl (C=O) groups is 2. The van der Waals surface area contributed by atoms with Gasteiger partial charge in [0.1, 0.15) is 0 Å². The van der Waals surface area contributed by atoms with Gasteiger partial charge in [0, 0.05) is 33.0 Å². The third-order valence-corrected chi connectivity index (χ3v) is 2.28. The van der Waals surface area contributed by atoms with E-state index in [0.29, 0.717) is 38.5 Å². The summed E-state index contributed by atoms with van der Waals surface area (Å²) in [5.74, 6) is -0.447. The van der Waals surface area contributed by atoms with E-state index in [1.54, 1.807) is 12.0 Å². The highest BCUT2D eigenvalue weighted by Gasteiger charge is 2.14. The quantitative estimate of drug-likeness (QED) is 0.666. The van der Waals surface area contributed by atoms with Gasteiger partial charge >= 0.3 is 5.97 Å². The zero-order chi connectivity index (χ0) is 13.3. The Kier molecular flexibility index (Phi) is 8.40. The molecule has 0 saturated carbocycles. The summed E-state index contributed by atoms with van der Waals surface area (Å²) in [5.41, 5.74) is 0. The minimum absolute atomic E-state index is 0.0111. The molecule has 0 bridgehead atoms. The van der Waals surface area contributed by atoms with Crippen molar-refractivity contribution in [3.8, 4) is 0 Å². The predicted octanol–water partition coefficient (Wildman–Crippen LogP) is 1.37. The van der Waals surface area contributed by atoms with E-state index in [9.17, 15) is 9.59 Å². The molecule has 0 radical (unpaired) electrons. The minimum Gasteiger partial charge on any atom is -0.481 e. The van der Waals surface area contributed by atoms with Crippen LogP contribution in [-0.4, -0.2) is 48.7 Å². The Bertz CT molecular complexity index is 241. The molecule has 17 heavy (non-hydrogen) atoms. The highest BCUT2D eigenvalue weighted by Crippen LogP contribution is 2.05. The standard InChI is InChI=1S/C12H23NO4/c1-10(2)9-13(7-8-17-3)11(14)5-4-6-12(15)16/h10H,4-9H2,1-3H3,(H,15,16). The third-order valence-electron chi connectivity index (χ3n) is 2.28. The lowest BCUT2D eigenvalue weighted by Crippen LogP contribution is -2.36. The molecule has 0 aromatic rings. The molecule has 0 aliphatic heterocycles. The first-order valence-electron chi connectivity index (χ1n) is 5.95. The minimum atomic E-state index is -0.856. The fraction of sp³-hybridized carbons (Fsp3) is 0.833. The fourth-order valence-electron chi connectivity index (χ4n) is 1.51. The zero-order valence-electron chi connectivity index (χ0n) is 10.9. The van der Waals surface area contributed by atoms with E-state index in [4.69, 9.17) is 9.84 Å². The molecule has 5 nitrogen and oxygen atoms in total. The summed E-state index contributed by atoms with van der Waals surface area (Å²) in [6.07, 6.45) is 0.740. The number of hydrogen-bond acceptors (Lipinski definition) is 3. The van der Waals surface area contributed by atoms with Gasteiger partial charge in [-0.05, 0) is 12.3 Å². The lowest BCUT2D eigenvalue weighted by atomic mass is 10.1. The number of carboxylic acids is 1. The normalized spacial score (nSPS) is 10.6. The summed E-state index contributed by atoms with van der Waals surface area (Å²) in [5, 5.41) is 8.51. The number of methoxy groups -OCH3 is 1. The summed E-state index contributed by atoms with van der Waals surface area (Å²) >= 11 is 0. The first-order valence-corrected chi connectivity index (χ1v) is 5.95. The zero-order valence-corrected chi connectivity index (χ0v) is 10.9. The van der Waals surface area contributed by atoms with Gasteiger partial charge < -0.3 is 14.7 Å². The number of nitrogens with zero attached hydrogens (tertiary/aromatic N) is 1. The highest BCUT2D eigenvalue weighted by atomic mass is 16.5. The van der Waals surface area contributed by atoms with Gasteiger partial charge in [-0.15, -0.1) is 0 Å². The van der Waals surface area contributed by atoms with Gasteiger partial charge in [-0.2, -0.15) is 0 Å². The van der Waals surface area contributed by atoms with Crippen molar-refractivity contribution in [1.82, 2.24) is 4.90 Å². The van der Waals surface area contributed by atoms with Crippen LogP contribution < -0.4 is 0 Å². The monoisotopic (exact) mass is 245 g/mol. The lowest BCUT2D eigenvalue weighted by molar-refractivity contribution is -0.137. The molecule has 0 saturated heterocycles. The van der Waals surface area contributed by atoms with Crippen LogP contribution in [0.3, 0.4) is 0 Å². The van der Waals surface area contributed by atoms with E-state index in [2.05, 4.69) is 0 Å². The summed E-state index contributed by atoms with van der Waals surface area (Å²) in [6.45, 7) is 5.86. The summed E-state index contributed by atoms with van der Waals surface area (Å²) in [6, 6.07) is 0. The number of hydrogen-bond donors (Lipinski definition) is 1. The van der Waals surface area contributed by atoms with Crippen LogP contribution in [0.15, 0.2) is 0 Å². The smallest absolute Gasteiger partial charge is 0.303 e. The number of rotatable bonds is 9. The second-order valence-corrected chi connectivity index (χ2v) is 4.47. The van der Waals surface area contributed by atoms with Gasteiger partial charge in [-0.1, -0.05) is 13.8 Å². The Labute approximate surface area is 103 Å². The van der Waals surface area contributed by atoms with Crippen molar-refractivity contribution in [3.05, 3.63) is 0 Å². The molecule has 0 fully saturated rings. The molecule has 1 amide bonds. The van der Waals surface area contributed by atoms with Crippen LogP contribution in [0.2, 0.25) is 0 Å². The molecule has 0 aliphatic carbocycles. The summed E-state index contributed by atoms with van der Waals surface area (Å²) < 4.78 is 4.96. The van der Waals surface area contributed by atoms with Crippen molar-refractivity contribution in [3.63, 3.8) is 0 Å². The van der Waals surface area contributed by atoms with Crippen LogP contribution in [0.5, 0.6) is 0 Å². The average molecular weight is 245 g/mol. The maximum absolute atomic E-state index is 11.8. The topological polar surface area (TPSA) is 66.8 Å². The Balaban J connectivity index is 4.07. The lowest BCUT2D eigenvalue weighted by Gasteiger charge is -2.24. The second-order valence-electron chi connectivity index (χ2n) is 4.47. The van der Waals surface area contributed by atoms with Gasteiger partial charge in [-0.25, -0.2) is 0 Å². The number of carbonyl (C=O) groups excluding carboxylic acids is 1. The fourth-order valence-corrected chi connectivity index (χ4v) is 1.51. The SMILES string of the molecule is COCCN(CC(C)C)C(=O)CCCC(=O)O. The van der Waals surface area contributed by atoms with Crippen molar-refractivity contribution in [2.45, 2.75) is 33.1 Å². The van der Waals surface area contributed by atoms with Crippen LogP contribution in [0.25, 0.3) is 0 Å². The van der Waals surface area contributed by atoms with Gasteiger partial charge in [0.2, 0.25) is 5.91 Å². The van der Waals surface area contributed by atoms with E-state index >= 15 is 0 Å². The molecule has 0 unspecified atom stereocenters. The van der Waals surface area contributed by atoms with Gasteiger partial charge in [0.15, 0.2) is 0 Å². The van der Waals surface area contributed by atoms with Crippen LogP contribution in [0.1, 0.15) is 33.1 Å². The van der Waals surface area contributed by atoms with Gasteiger partial charge in [-0.3, -0.25) is 9.59 Å². The van der Waals surface area contributed by atoms with Crippen LogP contribution >= 0.6 is 0 Å². The molecule has 0 aliphatic rings. The molecule has 0 spiro atoms. The first kappa shape index (κ1) is 15.9. The molecule has 0 heterocycles. The maximum Gasteiger partial charge on any atom is 0.303 e. The summed E-state index contributed by atoms with van der Waals surface area (Å²) in [4.78, 5) is 23.9. The molecule has 0 rings (SSSR count). The van der Waals surface area contributed by atoms with E-state index in [-0.39, 0.29) is 12.3 Å². The number of carboxylic acid groups (broad SMARTS) is 1. The molecule has 100 valence electrons. The van der Waals surface area contributed by atoms with Crippen molar-refractivity contribution in [2.75, 3.05) is 26.8 Å². The molecule has 0 aromatic heterocycles. The molecule has 0 aromatic carbocycles. The van der Waals surface area contributed by atoms with Crippen molar-refractivity contribution < 1.29 is 19.4 Å². The highest BCUT2D eigenvalue weighted by molar-refractivity contribution is 5.77. The number of ether oxygens (including phenoxy) is 1. The first-order chi connectivity index (χ1) is 7.97. The number of amides is 1. The van der Waals surface area contributed by atoms with Crippen molar-refractivity contribution in [1.29, 1.82) is 0 Å². The van der Waals surface area contributed by atoms with Crippen LogP contribution in [0, 0.1) is 5.92 Å². The van der Waals surface area contributed by atoms with Crippen molar-refractivity contribution >= 4 is 11.9 Å². The van der Waals surface area contributed by atoms with E-state index in [0.717, 1.165) is 0 Å². The van der Waals surface area contributed by atoms with E-state index < -0.39 is 5.97 Å². The van der Waals surface area contributed by atoms with E-state index in [1.807, 2.05) is 13.8 Å². The Morgan fingerprint density at radius 2 is 1.94 bits per heavy atom. The Morgan fingerprint density at radius 3 is 2.41 bits per heavy atom. The maximum atomic E-state index is 11.8. The molecule has 5 heteroatoms. The van der Waals surface area contributed by atoms with Crippen LogP contribution in [-0.2, 0) is 14.3 Å². The van der Waals surface area contributed by atoms with Gasteiger partial charge in [0.25, 0.3) is 0 Å². The summed E-state index contributed by atoms with van der Waals surface area (Å²) in [7, 11) is 1.60. The second kappa shape index (κ2) is 8.98. The van der Waals surface area contributed by atoms with Crippen LogP contribution in [0.4, 0.5) is 0 Å².